The molecule has 84 valence electrons. The lowest BCUT2D eigenvalue weighted by atomic mass is 9.84. The molecule has 1 fully saturated rings. The molecule has 16 heavy (non-hydrogen) atoms. The quantitative estimate of drug-likeness (QED) is 0.484. The van der Waals surface area contributed by atoms with Crippen LogP contribution in [0.5, 0.6) is 0 Å². The van der Waals surface area contributed by atoms with Gasteiger partial charge in [0, 0.05) is 23.4 Å². The Bertz CT molecular complexity index is 380. The summed E-state index contributed by atoms with van der Waals surface area (Å²) in [4.78, 5) is 3.95. The Morgan fingerprint density at radius 1 is 1.00 bits per heavy atom. The first-order chi connectivity index (χ1) is 7.77. The molecule has 1 aliphatic carbocycles. The van der Waals surface area contributed by atoms with Crippen LogP contribution in [0.2, 0.25) is 5.02 Å². The Balaban J connectivity index is 2.33. The molecule has 1 nitrogen and oxygen atoms in total. The van der Waals surface area contributed by atoms with Gasteiger partial charge in [-0.15, -0.1) is 0 Å². The number of nitrogens with zero attached hydrogens (tertiary/aromatic N) is 1. The Morgan fingerprint density at radius 3 is 2.06 bits per heavy atom. The molecule has 0 N–H and O–H groups in total. The summed E-state index contributed by atoms with van der Waals surface area (Å²) in [6.07, 6.45) is 6.88. The topological polar surface area (TPSA) is 4.36 Å². The SMILES string of the molecule is [C-]#[N+]C1(c2ccc(Cl)cc2)CCCCCC1. The van der Waals surface area contributed by atoms with Gasteiger partial charge in [0.2, 0.25) is 0 Å². The molecule has 0 bridgehead atoms. The lowest BCUT2D eigenvalue weighted by Gasteiger charge is -2.20. The maximum Gasteiger partial charge on any atom is 0.257 e. The van der Waals surface area contributed by atoms with Gasteiger partial charge in [0.15, 0.2) is 0 Å². The van der Waals surface area contributed by atoms with Crippen LogP contribution in [0.25, 0.3) is 4.85 Å². The molecule has 1 saturated carbocycles. The monoisotopic (exact) mass is 233 g/mol. The molecule has 1 aliphatic rings. The number of hydrogen-bond acceptors (Lipinski definition) is 0. The highest BCUT2D eigenvalue weighted by Crippen LogP contribution is 2.39. The fourth-order valence-corrected chi connectivity index (χ4v) is 2.66. The van der Waals surface area contributed by atoms with Crippen LogP contribution < -0.4 is 0 Å². The zero-order valence-corrected chi connectivity index (χ0v) is 10.1. The minimum Gasteiger partial charge on any atom is -0.305 e. The molecule has 0 heterocycles. The van der Waals surface area contributed by atoms with E-state index in [0.29, 0.717) is 0 Å². The minimum absolute atomic E-state index is 0.277. The van der Waals surface area contributed by atoms with Crippen LogP contribution in [-0.4, -0.2) is 0 Å². The first kappa shape index (κ1) is 11.5. The summed E-state index contributed by atoms with van der Waals surface area (Å²) >= 11 is 5.89. The van der Waals surface area contributed by atoms with Crippen LogP contribution in [0.3, 0.4) is 0 Å². The van der Waals surface area contributed by atoms with E-state index in [1.807, 2.05) is 24.3 Å². The highest BCUT2D eigenvalue weighted by molar-refractivity contribution is 6.30. The van der Waals surface area contributed by atoms with Gasteiger partial charge in [-0.1, -0.05) is 24.4 Å². The van der Waals surface area contributed by atoms with Crippen molar-refractivity contribution in [2.75, 3.05) is 0 Å². The van der Waals surface area contributed by atoms with Gasteiger partial charge in [-0.25, -0.2) is 6.57 Å². The fraction of sp³-hybridized carbons (Fsp3) is 0.500. The molecule has 0 saturated heterocycles. The average Bonchev–Trinajstić information content (AvgIpc) is 2.56. The zero-order chi connectivity index (χ0) is 11.4. The van der Waals surface area contributed by atoms with E-state index in [1.54, 1.807) is 0 Å². The highest BCUT2D eigenvalue weighted by atomic mass is 35.5. The van der Waals surface area contributed by atoms with Crippen LogP contribution in [0, 0.1) is 6.57 Å². The van der Waals surface area contributed by atoms with E-state index in [9.17, 15) is 0 Å². The van der Waals surface area contributed by atoms with Crippen molar-refractivity contribution in [3.05, 3.63) is 46.3 Å². The van der Waals surface area contributed by atoms with Crippen molar-refractivity contribution in [2.45, 2.75) is 44.1 Å². The molecule has 0 amide bonds. The van der Waals surface area contributed by atoms with E-state index < -0.39 is 0 Å². The van der Waals surface area contributed by atoms with E-state index in [1.165, 1.54) is 25.7 Å². The van der Waals surface area contributed by atoms with Gasteiger partial charge < -0.3 is 4.85 Å². The first-order valence-electron chi connectivity index (χ1n) is 5.91. The lowest BCUT2D eigenvalue weighted by Crippen LogP contribution is -2.20. The molecule has 1 aromatic carbocycles. The molecule has 0 unspecified atom stereocenters. The molecule has 1 aromatic rings. The second-order valence-electron chi connectivity index (χ2n) is 4.56. The number of rotatable bonds is 1. The van der Waals surface area contributed by atoms with Crippen molar-refractivity contribution in [2.24, 2.45) is 0 Å². The van der Waals surface area contributed by atoms with E-state index in [2.05, 4.69) is 4.85 Å². The van der Waals surface area contributed by atoms with Crippen LogP contribution in [0.4, 0.5) is 0 Å². The summed E-state index contributed by atoms with van der Waals surface area (Å²) in [5.41, 5.74) is 0.870. The molecule has 0 aliphatic heterocycles. The summed E-state index contributed by atoms with van der Waals surface area (Å²) < 4.78 is 0. The first-order valence-corrected chi connectivity index (χ1v) is 6.29. The highest BCUT2D eigenvalue weighted by Gasteiger charge is 2.38. The molecular weight excluding hydrogens is 218 g/mol. The number of benzene rings is 1. The maximum absolute atomic E-state index is 7.53. The van der Waals surface area contributed by atoms with Crippen LogP contribution in [0.1, 0.15) is 44.1 Å². The molecule has 2 heteroatoms. The maximum atomic E-state index is 7.53. The van der Waals surface area contributed by atoms with Crippen molar-refractivity contribution in [3.8, 4) is 0 Å². The minimum atomic E-state index is -0.277. The summed E-state index contributed by atoms with van der Waals surface area (Å²) in [7, 11) is 0. The van der Waals surface area contributed by atoms with Gasteiger partial charge >= 0.3 is 0 Å². The van der Waals surface area contributed by atoms with Gasteiger partial charge in [-0.2, -0.15) is 0 Å². The van der Waals surface area contributed by atoms with Crippen LogP contribution in [0.15, 0.2) is 24.3 Å². The second-order valence-corrected chi connectivity index (χ2v) is 5.00. The summed E-state index contributed by atoms with van der Waals surface area (Å²) in [6, 6.07) is 7.83. The molecule has 0 atom stereocenters. The van der Waals surface area contributed by atoms with E-state index in [-0.39, 0.29) is 5.54 Å². The third kappa shape index (κ3) is 2.23. The predicted octanol–water partition coefficient (Wildman–Crippen LogP) is 4.81. The molecule has 0 spiro atoms. The Labute approximate surface area is 102 Å². The number of hydrogen-bond donors (Lipinski definition) is 0. The zero-order valence-electron chi connectivity index (χ0n) is 9.38. The Kier molecular flexibility index (Phi) is 3.51. The largest absolute Gasteiger partial charge is 0.305 e. The van der Waals surface area contributed by atoms with Crippen molar-refractivity contribution < 1.29 is 0 Å². The normalized spacial score (nSPS) is 19.8. The Morgan fingerprint density at radius 2 is 1.56 bits per heavy atom. The smallest absolute Gasteiger partial charge is 0.257 e. The molecular formula is C14H16ClN. The van der Waals surface area contributed by atoms with Gasteiger partial charge in [0.25, 0.3) is 5.54 Å². The summed E-state index contributed by atoms with van der Waals surface area (Å²) in [5.74, 6) is 0. The lowest BCUT2D eigenvalue weighted by molar-refractivity contribution is 0.458. The van der Waals surface area contributed by atoms with Crippen molar-refractivity contribution in [1.29, 1.82) is 0 Å². The van der Waals surface area contributed by atoms with Crippen molar-refractivity contribution >= 4 is 11.6 Å². The predicted molar refractivity (Wildman–Crippen MR) is 67.4 cm³/mol. The number of halogens is 1. The van der Waals surface area contributed by atoms with Crippen LogP contribution in [-0.2, 0) is 5.54 Å². The fourth-order valence-electron chi connectivity index (χ4n) is 2.54. The molecule has 0 radical (unpaired) electrons. The summed E-state index contributed by atoms with van der Waals surface area (Å²) in [6.45, 7) is 7.53. The summed E-state index contributed by atoms with van der Waals surface area (Å²) in [5, 5.41) is 0.748. The van der Waals surface area contributed by atoms with Gasteiger partial charge in [0.1, 0.15) is 0 Å². The van der Waals surface area contributed by atoms with Gasteiger partial charge in [-0.3, -0.25) is 0 Å². The van der Waals surface area contributed by atoms with Gasteiger partial charge in [0.05, 0.1) is 0 Å². The van der Waals surface area contributed by atoms with E-state index >= 15 is 0 Å². The van der Waals surface area contributed by atoms with E-state index in [4.69, 9.17) is 18.2 Å². The third-order valence-electron chi connectivity index (χ3n) is 3.53. The van der Waals surface area contributed by atoms with E-state index in [0.717, 1.165) is 23.4 Å². The average molecular weight is 234 g/mol. The second kappa shape index (κ2) is 4.89. The molecule has 0 aromatic heterocycles. The van der Waals surface area contributed by atoms with Crippen molar-refractivity contribution in [3.63, 3.8) is 0 Å². The van der Waals surface area contributed by atoms with Gasteiger partial charge in [-0.05, 0) is 37.1 Å². The third-order valence-corrected chi connectivity index (χ3v) is 3.78. The molecule has 2 rings (SSSR count). The van der Waals surface area contributed by atoms with Crippen molar-refractivity contribution in [1.82, 2.24) is 0 Å². The van der Waals surface area contributed by atoms with Crippen LogP contribution >= 0.6 is 11.6 Å². The Hall–Kier alpha value is -1.00. The standard InChI is InChI=1S/C14H16ClN/c1-16-14(10-4-2-3-5-11-14)12-6-8-13(15)9-7-12/h6-9H,2-5,10-11H2.